The van der Waals surface area contributed by atoms with Gasteiger partial charge >= 0.3 is 0 Å². The summed E-state index contributed by atoms with van der Waals surface area (Å²) < 4.78 is 25.4. The Morgan fingerprint density at radius 3 is 2.67 bits per heavy atom. The fourth-order valence-electron chi connectivity index (χ4n) is 5.15. The molecule has 0 bridgehead atoms. The van der Waals surface area contributed by atoms with Crippen molar-refractivity contribution in [2.45, 2.75) is 43.7 Å². The minimum absolute atomic E-state index is 0.0521. The van der Waals surface area contributed by atoms with E-state index in [2.05, 4.69) is 0 Å². The summed E-state index contributed by atoms with van der Waals surface area (Å²) >= 11 is 0. The molecule has 30 heavy (non-hydrogen) atoms. The van der Waals surface area contributed by atoms with Gasteiger partial charge in [0, 0.05) is 24.1 Å². The van der Waals surface area contributed by atoms with Gasteiger partial charge in [0.2, 0.25) is 0 Å². The van der Waals surface area contributed by atoms with Crippen LogP contribution in [0.4, 0.5) is 4.39 Å². The Labute approximate surface area is 176 Å². The summed E-state index contributed by atoms with van der Waals surface area (Å²) in [6, 6.07) is 11.2. The Morgan fingerprint density at radius 1 is 1.13 bits per heavy atom. The number of methoxy groups -OCH3 is 2. The lowest BCUT2D eigenvalue weighted by atomic mass is 9.66. The molecule has 1 aliphatic carbocycles. The Morgan fingerprint density at radius 2 is 1.93 bits per heavy atom. The number of carbonyl (C=O) groups is 1. The van der Waals surface area contributed by atoms with E-state index in [1.54, 1.807) is 37.3 Å². The molecule has 1 N–H and O–H groups in total. The molecule has 1 heterocycles. The number of ether oxygens (including phenoxy) is 2. The zero-order valence-electron chi connectivity index (χ0n) is 17.4. The molecule has 5 nitrogen and oxygen atoms in total. The minimum Gasteiger partial charge on any atom is -0.497 e. The number of hydrogen-bond donors (Lipinski definition) is 1. The second-order valence-corrected chi connectivity index (χ2v) is 8.24. The number of piperidine rings is 1. The zero-order valence-corrected chi connectivity index (χ0v) is 17.4. The van der Waals surface area contributed by atoms with Gasteiger partial charge in [0.25, 0.3) is 5.91 Å². The molecular formula is C24H28FNO4. The molecule has 6 heteroatoms. The highest BCUT2D eigenvalue weighted by molar-refractivity contribution is 5.95. The maximum absolute atomic E-state index is 14.4. The molecule has 2 aromatic carbocycles. The molecule has 0 unspecified atom stereocenters. The van der Waals surface area contributed by atoms with Gasteiger partial charge in [-0.15, -0.1) is 0 Å². The second kappa shape index (κ2) is 8.26. The lowest BCUT2D eigenvalue weighted by Gasteiger charge is -2.52. The summed E-state index contributed by atoms with van der Waals surface area (Å²) in [5.41, 5.74) is 0.0316. The van der Waals surface area contributed by atoms with Crippen molar-refractivity contribution < 1.29 is 23.8 Å². The van der Waals surface area contributed by atoms with Gasteiger partial charge < -0.3 is 19.5 Å². The van der Waals surface area contributed by atoms with E-state index in [-0.39, 0.29) is 17.4 Å². The Balaban J connectivity index is 1.82. The van der Waals surface area contributed by atoms with Crippen molar-refractivity contribution in [1.82, 2.24) is 4.90 Å². The summed E-state index contributed by atoms with van der Waals surface area (Å²) in [5.74, 6) is 0.215. The van der Waals surface area contributed by atoms with Crippen LogP contribution in [0.5, 0.6) is 11.5 Å². The highest BCUT2D eigenvalue weighted by Gasteiger charge is 2.51. The average molecular weight is 413 g/mol. The smallest absolute Gasteiger partial charge is 0.257 e. The number of rotatable bonds is 4. The number of nitrogens with zero attached hydrogens (tertiary/aromatic N) is 1. The van der Waals surface area contributed by atoms with E-state index in [9.17, 15) is 14.3 Å². The summed E-state index contributed by atoms with van der Waals surface area (Å²) in [6.07, 6.45) is 3.98. The molecule has 1 aliphatic heterocycles. The third-order valence-corrected chi connectivity index (χ3v) is 6.69. The molecule has 4 rings (SSSR count). The number of likely N-dealkylation sites (tertiary alicyclic amines) is 1. The van der Waals surface area contributed by atoms with Gasteiger partial charge in [0.15, 0.2) is 0 Å². The first kappa shape index (κ1) is 20.7. The molecule has 160 valence electrons. The maximum atomic E-state index is 14.4. The maximum Gasteiger partial charge on any atom is 0.257 e. The monoisotopic (exact) mass is 413 g/mol. The average Bonchev–Trinajstić information content (AvgIpc) is 2.77. The zero-order chi connectivity index (χ0) is 21.3. The molecule has 0 radical (unpaired) electrons. The van der Waals surface area contributed by atoms with Crippen LogP contribution in [0.3, 0.4) is 0 Å². The van der Waals surface area contributed by atoms with Crippen LogP contribution in [0.25, 0.3) is 0 Å². The number of benzene rings is 2. The van der Waals surface area contributed by atoms with E-state index < -0.39 is 17.5 Å². The first-order chi connectivity index (χ1) is 14.5. The number of carbonyl (C=O) groups excluding carboxylic acids is 1. The van der Waals surface area contributed by atoms with Gasteiger partial charge in [-0.1, -0.05) is 25.0 Å². The first-order valence-electron chi connectivity index (χ1n) is 10.5. The highest BCUT2D eigenvalue weighted by atomic mass is 19.1. The second-order valence-electron chi connectivity index (χ2n) is 8.24. The van der Waals surface area contributed by atoms with Gasteiger partial charge in [-0.05, 0) is 43.5 Å². The van der Waals surface area contributed by atoms with Gasteiger partial charge in [-0.2, -0.15) is 0 Å². The minimum atomic E-state index is -0.833. The summed E-state index contributed by atoms with van der Waals surface area (Å²) in [7, 11) is 3.17. The summed E-state index contributed by atoms with van der Waals surface area (Å²) in [4.78, 5) is 15.2. The molecule has 1 amide bonds. The lowest BCUT2D eigenvalue weighted by molar-refractivity contribution is -0.115. The van der Waals surface area contributed by atoms with E-state index in [1.807, 2.05) is 12.1 Å². The van der Waals surface area contributed by atoms with Crippen LogP contribution < -0.4 is 9.47 Å². The Kier molecular flexibility index (Phi) is 5.69. The predicted molar refractivity (Wildman–Crippen MR) is 111 cm³/mol. The van der Waals surface area contributed by atoms with Crippen LogP contribution in [0.1, 0.15) is 54.1 Å². The number of halogens is 1. The molecule has 2 fully saturated rings. The molecule has 1 saturated carbocycles. The standard InChI is InChI=1S/C24H28FNO4/c1-29-16-10-11-18(21(15-16)30-2)22-19-8-5-6-12-24(19,28)13-14-26(22)23(27)17-7-3-4-9-20(17)25/h3-4,7,9-11,15,19,22,28H,5-6,8,12-14H2,1-2H3/t19-,22-,24-/m0/s1. The SMILES string of the molecule is COc1ccc([C@H]2[C@@H]3CCCC[C@]3(O)CCN2C(=O)c2ccccc2F)c(OC)c1. The fraction of sp³-hybridized carbons (Fsp3) is 0.458. The number of hydrogen-bond acceptors (Lipinski definition) is 4. The van der Waals surface area contributed by atoms with Crippen molar-refractivity contribution in [3.05, 3.63) is 59.4 Å². The highest BCUT2D eigenvalue weighted by Crippen LogP contribution is 2.51. The molecule has 2 aliphatic rings. The molecule has 0 aromatic heterocycles. The predicted octanol–water partition coefficient (Wildman–Crippen LogP) is 4.35. The van der Waals surface area contributed by atoms with Crippen LogP contribution in [0.2, 0.25) is 0 Å². The Bertz CT molecular complexity index is 933. The fourth-order valence-corrected chi connectivity index (χ4v) is 5.15. The van der Waals surface area contributed by atoms with Crippen molar-refractivity contribution >= 4 is 5.91 Å². The molecule has 1 saturated heterocycles. The van der Waals surface area contributed by atoms with Gasteiger partial charge in [-0.25, -0.2) is 4.39 Å². The summed E-state index contributed by atoms with van der Waals surface area (Å²) in [5, 5.41) is 11.4. The van der Waals surface area contributed by atoms with E-state index in [0.29, 0.717) is 30.9 Å². The van der Waals surface area contributed by atoms with Gasteiger partial charge in [0.1, 0.15) is 17.3 Å². The molecular weight excluding hydrogens is 385 g/mol. The van der Waals surface area contributed by atoms with Crippen LogP contribution in [0.15, 0.2) is 42.5 Å². The van der Waals surface area contributed by atoms with Crippen LogP contribution >= 0.6 is 0 Å². The van der Waals surface area contributed by atoms with Crippen LogP contribution in [-0.4, -0.2) is 42.3 Å². The first-order valence-corrected chi connectivity index (χ1v) is 10.5. The number of fused-ring (bicyclic) bond motifs is 1. The molecule has 3 atom stereocenters. The number of amides is 1. The summed E-state index contributed by atoms with van der Waals surface area (Å²) in [6.45, 7) is 0.361. The largest absolute Gasteiger partial charge is 0.497 e. The van der Waals surface area contributed by atoms with E-state index in [4.69, 9.17) is 9.47 Å². The van der Waals surface area contributed by atoms with Crippen LogP contribution in [-0.2, 0) is 0 Å². The molecule has 2 aromatic rings. The quantitative estimate of drug-likeness (QED) is 0.810. The van der Waals surface area contributed by atoms with E-state index in [1.165, 1.54) is 12.1 Å². The van der Waals surface area contributed by atoms with Crippen molar-refractivity contribution in [2.75, 3.05) is 20.8 Å². The third-order valence-electron chi connectivity index (χ3n) is 6.69. The third kappa shape index (κ3) is 3.54. The van der Waals surface area contributed by atoms with Gasteiger partial charge in [-0.3, -0.25) is 4.79 Å². The lowest BCUT2D eigenvalue weighted by Crippen LogP contribution is -2.56. The normalized spacial score (nSPS) is 26.1. The van der Waals surface area contributed by atoms with E-state index in [0.717, 1.165) is 24.8 Å². The van der Waals surface area contributed by atoms with E-state index >= 15 is 0 Å². The van der Waals surface area contributed by atoms with Crippen molar-refractivity contribution in [2.24, 2.45) is 5.92 Å². The van der Waals surface area contributed by atoms with Gasteiger partial charge in [0.05, 0.1) is 31.4 Å². The van der Waals surface area contributed by atoms with Crippen molar-refractivity contribution in [1.29, 1.82) is 0 Å². The topological polar surface area (TPSA) is 59.0 Å². The Hall–Kier alpha value is -2.60. The molecule has 0 spiro atoms. The van der Waals surface area contributed by atoms with Crippen molar-refractivity contribution in [3.63, 3.8) is 0 Å². The number of aliphatic hydroxyl groups is 1. The van der Waals surface area contributed by atoms with Crippen molar-refractivity contribution in [3.8, 4) is 11.5 Å². The van der Waals surface area contributed by atoms with Crippen LogP contribution in [0, 0.1) is 11.7 Å².